The van der Waals surface area contributed by atoms with E-state index in [1.165, 1.54) is 44.9 Å². The fraction of sp³-hybridized carbons (Fsp3) is 0.912. The first-order valence-corrected chi connectivity index (χ1v) is 15.3. The van der Waals surface area contributed by atoms with Gasteiger partial charge in [-0.25, -0.2) is 0 Å². The van der Waals surface area contributed by atoms with Crippen molar-refractivity contribution in [2.45, 2.75) is 133 Å². The van der Waals surface area contributed by atoms with Crippen molar-refractivity contribution in [1.29, 1.82) is 0 Å². The Hall–Kier alpha value is -0.590. The maximum Gasteiger partial charge on any atom is 0.139 e. The maximum absolute atomic E-state index is 13.6. The number of carbonyl (C=O) groups is 1. The van der Waals surface area contributed by atoms with Crippen LogP contribution in [0.25, 0.3) is 0 Å². The molecule has 35 heavy (non-hydrogen) atoms. The second-order valence-electron chi connectivity index (χ2n) is 16.4. The smallest absolute Gasteiger partial charge is 0.139 e. The zero-order valence-corrected chi connectivity index (χ0v) is 24.9. The van der Waals surface area contributed by atoms with Gasteiger partial charge in [0.2, 0.25) is 0 Å². The van der Waals surface area contributed by atoms with E-state index in [9.17, 15) is 4.79 Å². The maximum atomic E-state index is 13.6. The molecule has 5 rings (SSSR count). The summed E-state index contributed by atoms with van der Waals surface area (Å²) in [6.45, 7) is 25.4. The predicted octanol–water partition coefficient (Wildman–Crippen LogP) is 9.65. The van der Waals surface area contributed by atoms with Crippen molar-refractivity contribution in [2.24, 2.45) is 62.1 Å². The molecular weight excluding hydrogens is 424 g/mol. The molecule has 0 amide bonds. The van der Waals surface area contributed by atoms with E-state index in [1.54, 1.807) is 5.57 Å². The Morgan fingerprint density at radius 2 is 1.54 bits per heavy atom. The van der Waals surface area contributed by atoms with Crippen LogP contribution < -0.4 is 0 Å². The molecule has 1 nitrogen and oxygen atoms in total. The monoisotopic (exact) mass is 480 g/mol. The normalized spacial score (nSPS) is 52.3. The Morgan fingerprint density at radius 1 is 0.886 bits per heavy atom. The summed E-state index contributed by atoms with van der Waals surface area (Å²) in [7, 11) is 0. The van der Waals surface area contributed by atoms with Gasteiger partial charge >= 0.3 is 0 Å². The van der Waals surface area contributed by atoms with E-state index < -0.39 is 0 Å². The molecule has 0 heterocycles. The highest BCUT2D eigenvalue weighted by atomic mass is 16.1. The quantitative estimate of drug-likeness (QED) is 0.359. The van der Waals surface area contributed by atoms with Gasteiger partial charge in [-0.3, -0.25) is 4.79 Å². The minimum Gasteiger partial charge on any atom is -0.299 e. The number of rotatable bonds is 2. The third kappa shape index (κ3) is 3.21. The Kier molecular flexibility index (Phi) is 5.74. The van der Waals surface area contributed by atoms with Gasteiger partial charge in [0.25, 0.3) is 0 Å². The van der Waals surface area contributed by atoms with Crippen LogP contribution in [0.15, 0.2) is 11.6 Å². The summed E-state index contributed by atoms with van der Waals surface area (Å²) in [4.78, 5) is 13.6. The van der Waals surface area contributed by atoms with Crippen LogP contribution in [0.1, 0.15) is 133 Å². The molecule has 0 aliphatic heterocycles. The van der Waals surface area contributed by atoms with Crippen LogP contribution in [0.3, 0.4) is 0 Å². The number of ketones is 1. The van der Waals surface area contributed by atoms with Crippen LogP contribution in [0.4, 0.5) is 0 Å². The van der Waals surface area contributed by atoms with Crippen LogP contribution >= 0.6 is 0 Å². The van der Waals surface area contributed by atoms with Crippen molar-refractivity contribution in [1.82, 2.24) is 0 Å². The molecule has 4 fully saturated rings. The summed E-state index contributed by atoms with van der Waals surface area (Å²) < 4.78 is 0. The van der Waals surface area contributed by atoms with Crippen molar-refractivity contribution >= 4 is 5.78 Å². The molecule has 0 N–H and O–H groups in total. The molecule has 0 aromatic carbocycles. The molecule has 0 bridgehead atoms. The highest BCUT2D eigenvalue weighted by molar-refractivity contribution is 5.86. The van der Waals surface area contributed by atoms with Gasteiger partial charge < -0.3 is 0 Å². The molecule has 5 aliphatic rings. The van der Waals surface area contributed by atoms with Gasteiger partial charge in [0, 0.05) is 11.8 Å². The second-order valence-corrected chi connectivity index (χ2v) is 16.4. The number of carbonyl (C=O) groups excluding carboxylic acids is 1. The molecule has 5 aliphatic carbocycles. The second kappa shape index (κ2) is 7.72. The molecule has 0 radical (unpaired) electrons. The van der Waals surface area contributed by atoms with Crippen LogP contribution in [-0.2, 0) is 4.79 Å². The van der Waals surface area contributed by atoms with Crippen LogP contribution in [0, 0.1) is 62.1 Å². The number of hydrogen-bond acceptors (Lipinski definition) is 1. The van der Waals surface area contributed by atoms with E-state index >= 15 is 0 Å². The summed E-state index contributed by atoms with van der Waals surface area (Å²) in [5, 5.41) is 0. The summed E-state index contributed by atoms with van der Waals surface area (Å²) in [6.07, 6.45) is 14.8. The van der Waals surface area contributed by atoms with Crippen LogP contribution in [0.2, 0.25) is 0 Å². The fourth-order valence-electron chi connectivity index (χ4n) is 11.9. The summed E-state index contributed by atoms with van der Waals surface area (Å²) in [5.41, 5.74) is 3.44. The van der Waals surface area contributed by atoms with Gasteiger partial charge in [0.1, 0.15) is 5.78 Å². The van der Waals surface area contributed by atoms with Crippen molar-refractivity contribution in [3.05, 3.63) is 11.6 Å². The molecule has 0 saturated heterocycles. The first kappa shape index (κ1) is 26.0. The van der Waals surface area contributed by atoms with Gasteiger partial charge in [-0.15, -0.1) is 0 Å². The molecule has 4 saturated carbocycles. The van der Waals surface area contributed by atoms with E-state index in [4.69, 9.17) is 0 Å². The minimum absolute atomic E-state index is 0.0727. The largest absolute Gasteiger partial charge is 0.299 e. The molecule has 0 aromatic rings. The number of hydrogen-bond donors (Lipinski definition) is 0. The van der Waals surface area contributed by atoms with Gasteiger partial charge in [-0.05, 0) is 114 Å². The lowest BCUT2D eigenvalue weighted by Crippen LogP contribution is -2.65. The van der Waals surface area contributed by atoms with Crippen LogP contribution in [-0.4, -0.2) is 5.78 Å². The standard InChI is InChI=1S/C34H56O/c1-11-28(35)34-18-16-29(4,5)21-25(34)24-12-13-27-31(8)20-22(2)23(3)30(6,7)26(31)14-15-33(27,10)32(24,9)17-19-34/h12,22-23,25-27H,11,13-21H2,1-10H3/t22-,23+,25+,26+,27-,31+,32-,33-,34+/m1/s1. The van der Waals surface area contributed by atoms with Gasteiger partial charge in [0.05, 0.1) is 0 Å². The van der Waals surface area contributed by atoms with Crippen molar-refractivity contribution in [3.63, 3.8) is 0 Å². The summed E-state index contributed by atoms with van der Waals surface area (Å²) in [6, 6.07) is 0. The molecule has 0 spiro atoms. The Morgan fingerprint density at radius 3 is 2.20 bits per heavy atom. The zero-order chi connectivity index (χ0) is 25.8. The van der Waals surface area contributed by atoms with E-state index in [1.807, 2.05) is 0 Å². The van der Waals surface area contributed by atoms with E-state index in [2.05, 4.69) is 75.3 Å². The molecular formula is C34H56O. The lowest BCUT2D eigenvalue weighted by Gasteiger charge is -2.72. The highest BCUT2D eigenvalue weighted by Crippen LogP contribution is 2.76. The van der Waals surface area contributed by atoms with Gasteiger partial charge in [0.15, 0.2) is 0 Å². The summed E-state index contributed by atoms with van der Waals surface area (Å²) in [5.74, 6) is 4.24. The van der Waals surface area contributed by atoms with Crippen molar-refractivity contribution < 1.29 is 4.79 Å². The first-order chi connectivity index (χ1) is 16.1. The Bertz CT molecular complexity index is 923. The number of allylic oxidation sites excluding steroid dienone is 2. The molecule has 198 valence electrons. The molecule has 1 heteroatoms. The minimum atomic E-state index is -0.0727. The average Bonchev–Trinajstić information content (AvgIpc) is 2.77. The van der Waals surface area contributed by atoms with Gasteiger partial charge in [-0.1, -0.05) is 80.9 Å². The Balaban J connectivity index is 1.61. The van der Waals surface area contributed by atoms with Crippen molar-refractivity contribution in [2.75, 3.05) is 0 Å². The molecule has 0 aromatic heterocycles. The lowest BCUT2D eigenvalue weighted by molar-refractivity contribution is -0.202. The topological polar surface area (TPSA) is 17.1 Å². The highest BCUT2D eigenvalue weighted by Gasteiger charge is 2.69. The third-order valence-corrected chi connectivity index (χ3v) is 14.5. The number of fused-ring (bicyclic) bond motifs is 7. The lowest BCUT2D eigenvalue weighted by atomic mass is 9.32. The summed E-state index contributed by atoms with van der Waals surface area (Å²) >= 11 is 0. The average molecular weight is 481 g/mol. The number of Topliss-reactive ketones (excluding diaryl/α,β-unsaturated/α-hetero) is 1. The predicted molar refractivity (Wildman–Crippen MR) is 148 cm³/mol. The molecule has 9 atom stereocenters. The van der Waals surface area contributed by atoms with Crippen molar-refractivity contribution in [3.8, 4) is 0 Å². The zero-order valence-electron chi connectivity index (χ0n) is 24.9. The molecule has 0 unspecified atom stereocenters. The van der Waals surface area contributed by atoms with E-state index in [0.29, 0.717) is 39.8 Å². The SMILES string of the molecule is CCC(=O)[C@]12CCC(C)(C)C[C@H]1C1=CC[C@@H]3[C@@]4(C)C[C@@H](C)[C@H](C)C(C)(C)[C@@H]4CC[C@@]3(C)[C@]1(C)CC2. The van der Waals surface area contributed by atoms with Crippen LogP contribution in [0.5, 0.6) is 0 Å². The van der Waals surface area contributed by atoms with E-state index in [-0.39, 0.29) is 10.8 Å². The first-order valence-electron chi connectivity index (χ1n) is 15.3. The van der Waals surface area contributed by atoms with Gasteiger partial charge in [-0.2, -0.15) is 0 Å². The Labute approximate surface area is 217 Å². The van der Waals surface area contributed by atoms with E-state index in [0.717, 1.165) is 36.5 Å². The third-order valence-electron chi connectivity index (χ3n) is 14.5. The fourth-order valence-corrected chi connectivity index (χ4v) is 11.9.